The number of aromatic amines is 1. The summed E-state index contributed by atoms with van der Waals surface area (Å²) >= 11 is 0. The smallest absolute Gasteiger partial charge is 0.342 e. The van der Waals surface area contributed by atoms with Gasteiger partial charge in [-0.3, -0.25) is 4.98 Å². The number of nitrogens with zero attached hydrogens (tertiary/aromatic N) is 6. The number of hydrogen-bond acceptors (Lipinski definition) is 6. The van der Waals surface area contributed by atoms with Gasteiger partial charge in [0.2, 0.25) is 5.95 Å². The summed E-state index contributed by atoms with van der Waals surface area (Å²) in [5.74, 6) is 0.604. The first-order valence-corrected chi connectivity index (χ1v) is 8.68. The Labute approximate surface area is 148 Å². The molecule has 0 bridgehead atoms. The molecule has 0 unspecified atom stereocenters. The molecule has 0 spiro atoms. The Balaban J connectivity index is 1.67. The molecule has 1 fully saturated rings. The third kappa shape index (κ3) is 2.33. The van der Waals surface area contributed by atoms with Crippen molar-refractivity contribution in [3.8, 4) is 11.4 Å². The van der Waals surface area contributed by atoms with E-state index in [0.717, 1.165) is 42.7 Å². The lowest BCUT2D eigenvalue weighted by Gasteiger charge is -2.14. The van der Waals surface area contributed by atoms with Crippen molar-refractivity contribution in [1.82, 2.24) is 29.5 Å². The number of para-hydroxylation sites is 2. The molecule has 5 rings (SSSR count). The minimum Gasteiger partial charge on any atom is -0.342 e. The molecule has 1 aliphatic rings. The molecule has 1 N–H and O–H groups in total. The zero-order valence-corrected chi connectivity index (χ0v) is 14.3. The summed E-state index contributed by atoms with van der Waals surface area (Å²) in [7, 11) is 0. The fourth-order valence-electron chi connectivity index (χ4n) is 3.41. The van der Waals surface area contributed by atoms with Crippen LogP contribution in [0, 0.1) is 6.92 Å². The van der Waals surface area contributed by atoms with Crippen molar-refractivity contribution >= 4 is 22.6 Å². The Morgan fingerprint density at radius 3 is 2.54 bits per heavy atom. The lowest BCUT2D eigenvalue weighted by Crippen LogP contribution is -2.27. The van der Waals surface area contributed by atoms with E-state index in [4.69, 9.17) is 0 Å². The number of nitrogens with one attached hydrogen (secondary N) is 1. The van der Waals surface area contributed by atoms with Gasteiger partial charge in [0, 0.05) is 19.2 Å². The maximum absolute atomic E-state index is 12.4. The van der Waals surface area contributed by atoms with Crippen molar-refractivity contribution in [2.45, 2.75) is 19.8 Å². The van der Waals surface area contributed by atoms with Crippen LogP contribution < -0.4 is 10.6 Å². The molecule has 4 aromatic rings. The van der Waals surface area contributed by atoms with Crippen molar-refractivity contribution in [3.63, 3.8) is 0 Å². The molecule has 3 aromatic heterocycles. The molecule has 1 aliphatic heterocycles. The van der Waals surface area contributed by atoms with Gasteiger partial charge < -0.3 is 4.90 Å². The van der Waals surface area contributed by atoms with Crippen molar-refractivity contribution in [2.24, 2.45) is 0 Å². The zero-order chi connectivity index (χ0) is 17.7. The predicted molar refractivity (Wildman–Crippen MR) is 98.3 cm³/mol. The van der Waals surface area contributed by atoms with E-state index in [9.17, 15) is 4.79 Å². The number of hydrogen-bond donors (Lipinski definition) is 1. The number of anilines is 1. The highest BCUT2D eigenvalue weighted by Gasteiger charge is 2.18. The lowest BCUT2D eigenvalue weighted by molar-refractivity contribution is 0.808. The van der Waals surface area contributed by atoms with Crippen LogP contribution in [0.25, 0.3) is 28.1 Å². The van der Waals surface area contributed by atoms with Crippen molar-refractivity contribution in [3.05, 3.63) is 46.5 Å². The minimum absolute atomic E-state index is 0.297. The monoisotopic (exact) mass is 347 g/mol. The molecule has 26 heavy (non-hydrogen) atoms. The highest BCUT2D eigenvalue weighted by atomic mass is 16.1. The molecule has 0 amide bonds. The fourth-order valence-corrected chi connectivity index (χ4v) is 3.41. The molecule has 0 aliphatic carbocycles. The quantitative estimate of drug-likeness (QED) is 0.596. The van der Waals surface area contributed by atoms with Gasteiger partial charge >= 0.3 is 5.69 Å². The van der Waals surface area contributed by atoms with Gasteiger partial charge in [-0.15, -0.1) is 0 Å². The largest absolute Gasteiger partial charge is 0.350 e. The van der Waals surface area contributed by atoms with E-state index in [1.807, 2.05) is 31.2 Å². The minimum atomic E-state index is -0.297. The van der Waals surface area contributed by atoms with Gasteiger partial charge in [0.25, 0.3) is 0 Å². The zero-order valence-electron chi connectivity index (χ0n) is 14.3. The second-order valence-corrected chi connectivity index (χ2v) is 6.51. The van der Waals surface area contributed by atoms with Gasteiger partial charge in [-0.1, -0.05) is 12.1 Å². The van der Waals surface area contributed by atoms with Crippen molar-refractivity contribution in [2.75, 3.05) is 18.0 Å². The van der Waals surface area contributed by atoms with E-state index >= 15 is 0 Å². The topological polar surface area (TPSA) is 92.1 Å². The third-order valence-corrected chi connectivity index (χ3v) is 4.72. The number of benzene rings is 1. The van der Waals surface area contributed by atoms with Gasteiger partial charge in [-0.25, -0.2) is 14.8 Å². The maximum atomic E-state index is 12.4. The summed E-state index contributed by atoms with van der Waals surface area (Å²) in [5, 5.41) is 4.41. The van der Waals surface area contributed by atoms with E-state index in [0.29, 0.717) is 23.0 Å². The van der Waals surface area contributed by atoms with E-state index < -0.39 is 0 Å². The molecule has 4 heterocycles. The Hall–Kier alpha value is -3.29. The van der Waals surface area contributed by atoms with Crippen LogP contribution in [0.15, 0.2) is 35.1 Å². The van der Waals surface area contributed by atoms with E-state index in [2.05, 4.69) is 29.9 Å². The standard InChI is InChI=1S/C18H17N7O/c1-11-16(20-13-7-3-2-6-12(13)19-11)14-10-15-21-17(24-8-4-5-9-24)22-18(26)25(15)23-14/h2-3,6-7,10H,4-5,8-9H2,1H3,(H,21,22,26). The molecule has 130 valence electrons. The number of rotatable bonds is 2. The summed E-state index contributed by atoms with van der Waals surface area (Å²) < 4.78 is 1.28. The van der Waals surface area contributed by atoms with Gasteiger partial charge in [-0.2, -0.15) is 14.6 Å². The number of aryl methyl sites for hydroxylation is 1. The average Bonchev–Trinajstić information content (AvgIpc) is 3.31. The van der Waals surface area contributed by atoms with E-state index in [1.54, 1.807) is 6.07 Å². The van der Waals surface area contributed by atoms with Crippen molar-refractivity contribution in [1.29, 1.82) is 0 Å². The Bertz CT molecular complexity index is 1190. The normalized spacial score (nSPS) is 14.6. The number of aromatic nitrogens is 6. The third-order valence-electron chi connectivity index (χ3n) is 4.72. The second kappa shape index (κ2) is 5.62. The van der Waals surface area contributed by atoms with Crippen molar-refractivity contribution < 1.29 is 0 Å². The van der Waals surface area contributed by atoms with Crippen LogP contribution in [0.2, 0.25) is 0 Å². The summed E-state index contributed by atoms with van der Waals surface area (Å²) in [6.45, 7) is 3.72. The maximum Gasteiger partial charge on any atom is 0.350 e. The van der Waals surface area contributed by atoms with Crippen LogP contribution in [0.4, 0.5) is 5.95 Å². The van der Waals surface area contributed by atoms with Crippen LogP contribution in [0.5, 0.6) is 0 Å². The molecule has 0 saturated carbocycles. The highest BCUT2D eigenvalue weighted by molar-refractivity contribution is 5.78. The summed E-state index contributed by atoms with van der Waals surface area (Å²) in [5.41, 5.74) is 3.88. The highest BCUT2D eigenvalue weighted by Crippen LogP contribution is 2.23. The second-order valence-electron chi connectivity index (χ2n) is 6.51. The SMILES string of the molecule is Cc1nc2ccccc2nc1-c1cc2nc(N3CCCC3)[nH]c(=O)n2n1. The predicted octanol–water partition coefficient (Wildman–Crippen LogP) is 1.94. The van der Waals surface area contributed by atoms with E-state index in [1.165, 1.54) is 4.52 Å². The molecular formula is C18H17N7O. The number of H-pyrrole nitrogens is 1. The van der Waals surface area contributed by atoms with E-state index in [-0.39, 0.29) is 5.69 Å². The molecular weight excluding hydrogens is 330 g/mol. The Kier molecular flexibility index (Phi) is 3.24. The Morgan fingerprint density at radius 2 is 1.77 bits per heavy atom. The molecule has 0 radical (unpaired) electrons. The van der Waals surface area contributed by atoms with Gasteiger partial charge in [0.15, 0.2) is 5.65 Å². The summed E-state index contributed by atoms with van der Waals surface area (Å²) in [4.78, 5) is 31.2. The lowest BCUT2D eigenvalue weighted by atomic mass is 10.2. The molecule has 8 nitrogen and oxygen atoms in total. The van der Waals surface area contributed by atoms with Crippen LogP contribution in [0.3, 0.4) is 0 Å². The first-order valence-electron chi connectivity index (χ1n) is 8.68. The molecule has 8 heteroatoms. The van der Waals surface area contributed by atoms with Crippen LogP contribution >= 0.6 is 0 Å². The molecule has 0 atom stereocenters. The average molecular weight is 347 g/mol. The van der Waals surface area contributed by atoms with Crippen LogP contribution in [-0.2, 0) is 0 Å². The molecule has 1 saturated heterocycles. The van der Waals surface area contributed by atoms with Gasteiger partial charge in [0.05, 0.1) is 16.7 Å². The first kappa shape index (κ1) is 15.0. The number of fused-ring (bicyclic) bond motifs is 2. The fraction of sp³-hybridized carbons (Fsp3) is 0.278. The van der Waals surface area contributed by atoms with Gasteiger partial charge in [0.1, 0.15) is 11.4 Å². The van der Waals surface area contributed by atoms with Crippen LogP contribution in [-0.4, -0.2) is 42.6 Å². The Morgan fingerprint density at radius 1 is 1.04 bits per heavy atom. The van der Waals surface area contributed by atoms with Gasteiger partial charge in [-0.05, 0) is 31.9 Å². The van der Waals surface area contributed by atoms with Crippen LogP contribution in [0.1, 0.15) is 18.5 Å². The summed E-state index contributed by atoms with van der Waals surface area (Å²) in [6, 6.07) is 9.49. The molecule has 1 aromatic carbocycles. The first-order chi connectivity index (χ1) is 12.7. The summed E-state index contributed by atoms with van der Waals surface area (Å²) in [6.07, 6.45) is 2.23.